The number of hydrogen-bond acceptors (Lipinski definition) is 5. The van der Waals surface area contributed by atoms with Crippen molar-refractivity contribution < 1.29 is 14.4 Å². The summed E-state index contributed by atoms with van der Waals surface area (Å²) in [6.07, 6.45) is 3.31. The molecule has 0 saturated carbocycles. The molecule has 2 aromatic rings. The smallest absolute Gasteiger partial charge is 0.252 e. The number of fused-ring (bicyclic) bond motifs is 4. The number of anilines is 2. The standard InChI is InChI=1S/C25H25Cl2N3O3S/c1-34-14-11-18-20-21(23(32)30(22(20)31)16-9-7-15(27)8-10-16)25(28-18)17-5-2-3-6-19(17)29(24(25)33)13-4-12-26/h2-3,5-10,18,20-21,28H,4,11-14H2,1H3/t18-,20+,21-,25-/m0/s1. The van der Waals surface area contributed by atoms with Crippen molar-refractivity contribution in [2.45, 2.75) is 24.4 Å². The third-order valence-electron chi connectivity index (χ3n) is 7.10. The molecule has 2 aromatic carbocycles. The zero-order valence-electron chi connectivity index (χ0n) is 18.7. The van der Waals surface area contributed by atoms with E-state index >= 15 is 0 Å². The Morgan fingerprint density at radius 3 is 2.50 bits per heavy atom. The lowest BCUT2D eigenvalue weighted by atomic mass is 9.76. The number of alkyl halides is 1. The Hall–Kier alpha value is -2.06. The van der Waals surface area contributed by atoms with Gasteiger partial charge in [0.25, 0.3) is 5.91 Å². The molecule has 3 aliphatic rings. The topological polar surface area (TPSA) is 69.7 Å². The number of nitrogens with zero attached hydrogens (tertiary/aromatic N) is 2. The second-order valence-electron chi connectivity index (χ2n) is 8.85. The average Bonchev–Trinajstić information content (AvgIpc) is 3.40. The van der Waals surface area contributed by atoms with Crippen LogP contribution in [0.15, 0.2) is 48.5 Å². The van der Waals surface area contributed by atoms with E-state index in [0.717, 1.165) is 17.0 Å². The predicted octanol–water partition coefficient (Wildman–Crippen LogP) is 4.04. The Balaban J connectivity index is 1.64. The molecule has 0 bridgehead atoms. The minimum atomic E-state index is -1.27. The Bertz CT molecular complexity index is 1140. The van der Waals surface area contributed by atoms with Crippen LogP contribution in [0.5, 0.6) is 0 Å². The first-order chi connectivity index (χ1) is 16.5. The lowest BCUT2D eigenvalue weighted by Crippen LogP contribution is -2.55. The number of nitrogens with one attached hydrogen (secondary N) is 1. The van der Waals surface area contributed by atoms with Crippen LogP contribution in [0.1, 0.15) is 18.4 Å². The van der Waals surface area contributed by atoms with Gasteiger partial charge in [-0.15, -0.1) is 11.6 Å². The van der Waals surface area contributed by atoms with Gasteiger partial charge in [-0.1, -0.05) is 29.8 Å². The van der Waals surface area contributed by atoms with Gasteiger partial charge in [-0.25, -0.2) is 4.90 Å². The van der Waals surface area contributed by atoms with Gasteiger partial charge in [-0.2, -0.15) is 11.8 Å². The quantitative estimate of drug-likeness (QED) is 0.443. The molecule has 0 aliphatic carbocycles. The summed E-state index contributed by atoms with van der Waals surface area (Å²) in [5.41, 5.74) is 0.741. The molecule has 34 heavy (non-hydrogen) atoms. The molecular formula is C25H25Cl2N3O3S. The van der Waals surface area contributed by atoms with E-state index < -0.39 is 17.4 Å². The van der Waals surface area contributed by atoms with Crippen molar-refractivity contribution in [3.05, 3.63) is 59.1 Å². The van der Waals surface area contributed by atoms with Crippen molar-refractivity contribution in [1.29, 1.82) is 0 Å². The highest BCUT2D eigenvalue weighted by Gasteiger charge is 2.71. The molecule has 1 spiro atoms. The molecule has 3 aliphatic heterocycles. The van der Waals surface area contributed by atoms with Gasteiger partial charge < -0.3 is 4.90 Å². The van der Waals surface area contributed by atoms with Crippen LogP contribution in [0.2, 0.25) is 5.02 Å². The van der Waals surface area contributed by atoms with Gasteiger partial charge >= 0.3 is 0 Å². The predicted molar refractivity (Wildman–Crippen MR) is 137 cm³/mol. The van der Waals surface area contributed by atoms with Crippen LogP contribution in [-0.2, 0) is 19.9 Å². The lowest BCUT2D eigenvalue weighted by Gasteiger charge is -2.30. The van der Waals surface area contributed by atoms with Crippen molar-refractivity contribution in [2.75, 3.05) is 34.2 Å². The summed E-state index contributed by atoms with van der Waals surface area (Å²) in [5.74, 6) is -1.00. The SMILES string of the molecule is CSCC[C@@H]1N[C@]2(C(=O)N(CCCCl)c3ccccc32)[C@@H]2C(=O)N(c3ccc(Cl)cc3)C(=O)[C@H]12. The molecule has 3 amide bonds. The minimum absolute atomic E-state index is 0.181. The summed E-state index contributed by atoms with van der Waals surface area (Å²) in [5, 5.41) is 4.05. The highest BCUT2D eigenvalue weighted by atomic mass is 35.5. The summed E-state index contributed by atoms with van der Waals surface area (Å²) in [6, 6.07) is 13.9. The molecule has 9 heteroatoms. The number of benzene rings is 2. The van der Waals surface area contributed by atoms with Gasteiger partial charge in [0.2, 0.25) is 11.8 Å². The largest absolute Gasteiger partial charge is 0.310 e. The second-order valence-corrected chi connectivity index (χ2v) is 10.6. The third kappa shape index (κ3) is 3.40. The van der Waals surface area contributed by atoms with Crippen LogP contribution in [0.25, 0.3) is 0 Å². The van der Waals surface area contributed by atoms with E-state index in [4.69, 9.17) is 23.2 Å². The maximum atomic E-state index is 14.1. The number of imide groups is 1. The molecule has 2 saturated heterocycles. The van der Waals surface area contributed by atoms with E-state index in [9.17, 15) is 14.4 Å². The monoisotopic (exact) mass is 517 g/mol. The Morgan fingerprint density at radius 2 is 1.79 bits per heavy atom. The van der Waals surface area contributed by atoms with Gasteiger partial charge in [0, 0.05) is 34.7 Å². The molecule has 5 rings (SSSR count). The van der Waals surface area contributed by atoms with Gasteiger partial charge in [0.05, 0.1) is 17.5 Å². The van der Waals surface area contributed by atoms with Gasteiger partial charge in [0.1, 0.15) is 5.54 Å². The molecule has 0 radical (unpaired) electrons. The summed E-state index contributed by atoms with van der Waals surface area (Å²) in [4.78, 5) is 44.8. The lowest BCUT2D eigenvalue weighted by molar-refractivity contribution is -0.132. The number of rotatable bonds is 7. The molecule has 178 valence electrons. The fourth-order valence-corrected chi connectivity index (χ4v) is 6.46. The van der Waals surface area contributed by atoms with Crippen LogP contribution in [0, 0.1) is 11.8 Å². The van der Waals surface area contributed by atoms with Gasteiger partial charge in [-0.3, -0.25) is 19.7 Å². The van der Waals surface area contributed by atoms with Crippen molar-refractivity contribution in [1.82, 2.24) is 5.32 Å². The Morgan fingerprint density at radius 1 is 1.06 bits per heavy atom. The molecule has 2 fully saturated rings. The molecule has 4 atom stereocenters. The Kier molecular flexibility index (Phi) is 6.40. The molecule has 6 nitrogen and oxygen atoms in total. The third-order valence-corrected chi connectivity index (χ3v) is 8.26. The molecule has 3 heterocycles. The first kappa shape index (κ1) is 23.7. The first-order valence-corrected chi connectivity index (χ1v) is 13.6. The van der Waals surface area contributed by atoms with Gasteiger partial charge in [-0.05, 0) is 55.2 Å². The number of halogens is 2. The van der Waals surface area contributed by atoms with Crippen molar-refractivity contribution >= 4 is 64.1 Å². The van der Waals surface area contributed by atoms with Crippen molar-refractivity contribution in [3.63, 3.8) is 0 Å². The zero-order chi connectivity index (χ0) is 24.0. The number of thioether (sulfide) groups is 1. The fourth-order valence-electron chi connectivity index (χ4n) is 5.72. The van der Waals surface area contributed by atoms with Crippen LogP contribution in [0.3, 0.4) is 0 Å². The molecule has 0 unspecified atom stereocenters. The molecular weight excluding hydrogens is 493 g/mol. The zero-order valence-corrected chi connectivity index (χ0v) is 21.0. The summed E-state index contributed by atoms with van der Waals surface area (Å²) in [6.45, 7) is 0.457. The number of hydrogen-bond donors (Lipinski definition) is 1. The summed E-state index contributed by atoms with van der Waals surface area (Å²) in [7, 11) is 0. The normalized spacial score (nSPS) is 27.7. The summed E-state index contributed by atoms with van der Waals surface area (Å²) < 4.78 is 0. The van der Waals surface area contributed by atoms with E-state index in [0.29, 0.717) is 36.0 Å². The number of amides is 3. The van der Waals surface area contributed by atoms with E-state index in [1.807, 2.05) is 30.5 Å². The summed E-state index contributed by atoms with van der Waals surface area (Å²) >= 11 is 13.7. The number of carbonyl (C=O) groups excluding carboxylic acids is 3. The van der Waals surface area contributed by atoms with Crippen LogP contribution < -0.4 is 15.1 Å². The molecule has 0 aromatic heterocycles. The van der Waals surface area contributed by atoms with E-state index in [-0.39, 0.29) is 23.8 Å². The second kappa shape index (κ2) is 9.19. The van der Waals surface area contributed by atoms with Gasteiger partial charge in [0.15, 0.2) is 0 Å². The maximum absolute atomic E-state index is 14.1. The van der Waals surface area contributed by atoms with Crippen molar-refractivity contribution in [3.8, 4) is 0 Å². The molecule has 1 N–H and O–H groups in total. The van der Waals surface area contributed by atoms with E-state index in [1.54, 1.807) is 40.9 Å². The van der Waals surface area contributed by atoms with E-state index in [2.05, 4.69) is 5.32 Å². The van der Waals surface area contributed by atoms with Crippen LogP contribution >= 0.6 is 35.0 Å². The highest BCUT2D eigenvalue weighted by molar-refractivity contribution is 7.98. The highest BCUT2D eigenvalue weighted by Crippen LogP contribution is 2.55. The fraction of sp³-hybridized carbons (Fsp3) is 0.400. The van der Waals surface area contributed by atoms with Crippen LogP contribution in [0.4, 0.5) is 11.4 Å². The number of carbonyl (C=O) groups is 3. The van der Waals surface area contributed by atoms with Crippen molar-refractivity contribution in [2.24, 2.45) is 11.8 Å². The Labute approximate surface area is 212 Å². The minimum Gasteiger partial charge on any atom is -0.310 e. The van der Waals surface area contributed by atoms with Crippen LogP contribution in [-0.4, -0.2) is 48.2 Å². The number of para-hydroxylation sites is 1. The first-order valence-electron chi connectivity index (χ1n) is 11.3. The van der Waals surface area contributed by atoms with E-state index in [1.165, 1.54) is 4.90 Å². The average molecular weight is 518 g/mol. The maximum Gasteiger partial charge on any atom is 0.252 e.